The van der Waals surface area contributed by atoms with E-state index in [1.807, 2.05) is 7.05 Å². The van der Waals surface area contributed by atoms with Crippen molar-refractivity contribution in [2.24, 2.45) is 0 Å². The molecule has 1 fully saturated rings. The van der Waals surface area contributed by atoms with E-state index in [1.54, 1.807) is 12.1 Å². The van der Waals surface area contributed by atoms with Gasteiger partial charge in [-0.25, -0.2) is 0 Å². The fourth-order valence-corrected chi connectivity index (χ4v) is 2.83. The Hall–Kier alpha value is -1.15. The Morgan fingerprint density at radius 2 is 2.21 bits per heavy atom. The smallest absolute Gasteiger partial charge is 0.298 e. The van der Waals surface area contributed by atoms with Gasteiger partial charge in [-0.05, 0) is 24.7 Å². The maximum absolute atomic E-state index is 11.4. The quantitative estimate of drug-likeness (QED) is 0.834. The maximum Gasteiger partial charge on any atom is 0.298 e. The Morgan fingerprint density at radius 1 is 1.47 bits per heavy atom. The van der Waals surface area contributed by atoms with E-state index in [2.05, 4.69) is 4.90 Å². The second-order valence-corrected chi connectivity index (χ2v) is 5.85. The molecule has 0 aromatic heterocycles. The lowest BCUT2D eigenvalue weighted by Crippen LogP contribution is -2.36. The molecule has 0 saturated carbocycles. The van der Waals surface area contributed by atoms with Crippen LogP contribution in [0, 0.1) is 0 Å². The number of methoxy groups -OCH3 is 1. The Labute approximate surface area is 112 Å². The molecular formula is C12H17NO5S. The van der Waals surface area contributed by atoms with Gasteiger partial charge in [0, 0.05) is 6.54 Å². The molecule has 1 saturated heterocycles. The molecule has 19 heavy (non-hydrogen) atoms. The first-order valence-electron chi connectivity index (χ1n) is 5.87. The first kappa shape index (κ1) is 14.3. The van der Waals surface area contributed by atoms with E-state index in [9.17, 15) is 13.0 Å². The second kappa shape index (κ2) is 5.46. The average molecular weight is 287 g/mol. The van der Waals surface area contributed by atoms with Crippen LogP contribution >= 0.6 is 0 Å². The highest BCUT2D eigenvalue weighted by molar-refractivity contribution is 7.86. The zero-order valence-corrected chi connectivity index (χ0v) is 11.7. The van der Waals surface area contributed by atoms with E-state index in [4.69, 9.17) is 9.47 Å². The molecule has 0 amide bonds. The van der Waals surface area contributed by atoms with Gasteiger partial charge in [-0.3, -0.25) is 9.45 Å². The molecule has 0 spiro atoms. The molecule has 1 aromatic carbocycles. The second-order valence-electron chi connectivity index (χ2n) is 4.46. The fraction of sp³-hybridized carbons (Fsp3) is 0.500. The van der Waals surface area contributed by atoms with Crippen LogP contribution in [0.1, 0.15) is 11.6 Å². The van der Waals surface area contributed by atoms with Crippen LogP contribution in [0.3, 0.4) is 0 Å². The van der Waals surface area contributed by atoms with Crippen LogP contribution in [-0.4, -0.2) is 51.8 Å². The minimum atomic E-state index is -4.31. The van der Waals surface area contributed by atoms with Gasteiger partial charge in [-0.15, -0.1) is 0 Å². The molecule has 0 radical (unpaired) electrons. The van der Waals surface area contributed by atoms with Crippen molar-refractivity contribution in [3.8, 4) is 5.75 Å². The van der Waals surface area contributed by atoms with Crippen molar-refractivity contribution >= 4 is 10.1 Å². The highest BCUT2D eigenvalue weighted by Gasteiger charge is 2.24. The largest absolute Gasteiger partial charge is 0.495 e. The van der Waals surface area contributed by atoms with Gasteiger partial charge in [-0.1, -0.05) is 6.07 Å². The Balaban J connectivity index is 2.43. The number of morpholine rings is 1. The van der Waals surface area contributed by atoms with Crippen molar-refractivity contribution in [1.29, 1.82) is 0 Å². The fourth-order valence-electron chi connectivity index (χ4n) is 2.14. The van der Waals surface area contributed by atoms with Crippen molar-refractivity contribution < 1.29 is 22.4 Å². The summed E-state index contributed by atoms with van der Waals surface area (Å²) in [6.07, 6.45) is 0. The van der Waals surface area contributed by atoms with Gasteiger partial charge in [0.1, 0.15) is 10.6 Å². The van der Waals surface area contributed by atoms with Crippen LogP contribution in [0.5, 0.6) is 5.75 Å². The molecule has 1 unspecified atom stereocenters. The summed E-state index contributed by atoms with van der Waals surface area (Å²) < 4.78 is 42.3. The van der Waals surface area contributed by atoms with Gasteiger partial charge in [0.25, 0.3) is 10.1 Å². The summed E-state index contributed by atoms with van der Waals surface area (Å²) in [6.45, 7) is 1.93. The number of likely N-dealkylation sites (N-methyl/N-ethyl adjacent to an activating group) is 1. The lowest BCUT2D eigenvalue weighted by Gasteiger charge is -2.32. The predicted octanol–water partition coefficient (Wildman–Crippen LogP) is 0.945. The van der Waals surface area contributed by atoms with Gasteiger partial charge in [0.15, 0.2) is 0 Å². The number of rotatable bonds is 3. The molecule has 1 aromatic rings. The van der Waals surface area contributed by atoms with E-state index >= 15 is 0 Å². The van der Waals surface area contributed by atoms with Gasteiger partial charge in [0.05, 0.1) is 26.4 Å². The number of benzene rings is 1. The highest BCUT2D eigenvalue weighted by atomic mass is 32.2. The van der Waals surface area contributed by atoms with Crippen LogP contribution in [0.4, 0.5) is 0 Å². The van der Waals surface area contributed by atoms with Gasteiger partial charge in [0.2, 0.25) is 0 Å². The zero-order chi connectivity index (χ0) is 14.0. The highest BCUT2D eigenvalue weighted by Crippen LogP contribution is 2.30. The normalized spacial score (nSPS) is 21.3. The summed E-state index contributed by atoms with van der Waals surface area (Å²) in [7, 11) is -0.999. The standard InChI is InChI=1S/C12H17NO5S/c1-13-5-6-18-8-10(13)9-3-4-11(17-2)12(7-9)19(14,15)16/h3-4,7,10H,5-6,8H2,1-2H3,(H,14,15,16). The van der Waals surface area contributed by atoms with Crippen LogP contribution in [0.15, 0.2) is 23.1 Å². The summed E-state index contributed by atoms with van der Waals surface area (Å²) >= 11 is 0. The van der Waals surface area contributed by atoms with Crippen molar-refractivity contribution in [1.82, 2.24) is 4.90 Å². The lowest BCUT2D eigenvalue weighted by atomic mass is 10.1. The third-order valence-corrected chi connectivity index (χ3v) is 4.12. The number of hydrogen-bond acceptors (Lipinski definition) is 5. The molecule has 1 atom stereocenters. The van der Waals surface area contributed by atoms with Crippen molar-refractivity contribution in [3.05, 3.63) is 23.8 Å². The molecule has 7 heteroatoms. The monoisotopic (exact) mass is 287 g/mol. The van der Waals surface area contributed by atoms with E-state index in [1.165, 1.54) is 13.2 Å². The number of ether oxygens (including phenoxy) is 2. The maximum atomic E-state index is 11.4. The Kier molecular flexibility index (Phi) is 4.10. The Bertz CT molecular complexity index is 557. The SMILES string of the molecule is COc1ccc(C2COCCN2C)cc1S(=O)(=O)O. The topological polar surface area (TPSA) is 76.1 Å². The van der Waals surface area contributed by atoms with Crippen molar-refractivity contribution in [3.63, 3.8) is 0 Å². The third-order valence-electron chi connectivity index (χ3n) is 3.25. The number of nitrogens with zero attached hydrogens (tertiary/aromatic N) is 1. The molecule has 2 rings (SSSR count). The summed E-state index contributed by atoms with van der Waals surface area (Å²) in [4.78, 5) is 1.87. The molecule has 0 bridgehead atoms. The van der Waals surface area contributed by atoms with E-state index in [-0.39, 0.29) is 16.7 Å². The first-order valence-corrected chi connectivity index (χ1v) is 7.31. The molecule has 1 aliphatic heterocycles. The van der Waals surface area contributed by atoms with E-state index < -0.39 is 10.1 Å². The van der Waals surface area contributed by atoms with Crippen LogP contribution < -0.4 is 4.74 Å². The molecule has 6 nitrogen and oxygen atoms in total. The lowest BCUT2D eigenvalue weighted by molar-refractivity contribution is 0.00495. The summed E-state index contributed by atoms with van der Waals surface area (Å²) in [6, 6.07) is 4.73. The zero-order valence-electron chi connectivity index (χ0n) is 10.9. The predicted molar refractivity (Wildman–Crippen MR) is 69.0 cm³/mol. The number of hydrogen-bond donors (Lipinski definition) is 1. The summed E-state index contributed by atoms with van der Waals surface area (Å²) in [5, 5.41) is 0. The minimum absolute atomic E-state index is 0.0276. The molecule has 106 valence electrons. The van der Waals surface area contributed by atoms with Crippen molar-refractivity contribution in [2.75, 3.05) is 33.9 Å². The Morgan fingerprint density at radius 3 is 2.79 bits per heavy atom. The van der Waals surface area contributed by atoms with E-state index in [0.717, 1.165) is 12.1 Å². The van der Waals surface area contributed by atoms with Gasteiger partial charge in [-0.2, -0.15) is 8.42 Å². The molecule has 1 aliphatic rings. The molecular weight excluding hydrogens is 270 g/mol. The third kappa shape index (κ3) is 3.06. The molecule has 1 N–H and O–H groups in total. The summed E-state index contributed by atoms with van der Waals surface area (Å²) in [5.41, 5.74) is 0.774. The van der Waals surface area contributed by atoms with Crippen LogP contribution in [0.2, 0.25) is 0 Å². The van der Waals surface area contributed by atoms with Gasteiger partial charge >= 0.3 is 0 Å². The summed E-state index contributed by atoms with van der Waals surface area (Å²) in [5.74, 6) is 0.130. The minimum Gasteiger partial charge on any atom is -0.495 e. The average Bonchev–Trinajstić information content (AvgIpc) is 2.37. The molecule has 1 heterocycles. The first-order chi connectivity index (χ1) is 8.93. The van der Waals surface area contributed by atoms with Crippen molar-refractivity contribution in [2.45, 2.75) is 10.9 Å². The van der Waals surface area contributed by atoms with Crippen LogP contribution in [0.25, 0.3) is 0 Å². The van der Waals surface area contributed by atoms with Gasteiger partial charge < -0.3 is 9.47 Å². The van der Waals surface area contributed by atoms with E-state index in [0.29, 0.717) is 13.2 Å². The molecule has 0 aliphatic carbocycles. The van der Waals surface area contributed by atoms with Crippen LogP contribution in [-0.2, 0) is 14.9 Å².